The fraction of sp³-hybridized carbons (Fsp3) is 0.857. The Labute approximate surface area is 125 Å². The van der Waals surface area contributed by atoms with E-state index in [1.54, 1.807) is 7.11 Å². The van der Waals surface area contributed by atoms with Crippen molar-refractivity contribution in [3.63, 3.8) is 0 Å². The highest BCUT2D eigenvalue weighted by Crippen LogP contribution is 2.26. The average molecular weight is 332 g/mol. The van der Waals surface area contributed by atoms with E-state index < -0.39 is 0 Å². The number of alkyl halides is 1. The van der Waals surface area contributed by atoms with Crippen LogP contribution in [0.5, 0.6) is 0 Å². The second-order valence-corrected chi connectivity index (χ2v) is 6.95. The zero-order chi connectivity index (χ0) is 14.5. The van der Waals surface area contributed by atoms with Crippen LogP contribution in [0.4, 0.5) is 0 Å². The van der Waals surface area contributed by atoms with Gasteiger partial charge in [-0.05, 0) is 17.8 Å². The highest BCUT2D eigenvalue weighted by Gasteiger charge is 2.19. The molecule has 1 heterocycles. The van der Waals surface area contributed by atoms with E-state index in [4.69, 9.17) is 4.74 Å². The maximum atomic E-state index is 5.16. The number of nitrogens with zero attached hydrogens (tertiary/aromatic N) is 3. The molecule has 1 rings (SSSR count). The molecule has 0 radical (unpaired) electrons. The second-order valence-electron chi connectivity index (χ2n) is 6.38. The first-order valence-corrected chi connectivity index (χ1v) is 7.95. The summed E-state index contributed by atoms with van der Waals surface area (Å²) in [5.41, 5.74) is 0.356. The molecule has 0 aliphatic rings. The van der Waals surface area contributed by atoms with Crippen molar-refractivity contribution in [1.29, 1.82) is 0 Å². The molecule has 1 atom stereocenters. The third-order valence-electron chi connectivity index (χ3n) is 3.03. The van der Waals surface area contributed by atoms with E-state index in [-0.39, 0.29) is 0 Å². The van der Waals surface area contributed by atoms with Gasteiger partial charge in [-0.3, -0.25) is 0 Å². The summed E-state index contributed by atoms with van der Waals surface area (Å²) in [4.78, 5) is 0. The molecule has 110 valence electrons. The van der Waals surface area contributed by atoms with E-state index in [2.05, 4.69) is 58.4 Å². The molecule has 5 heteroatoms. The van der Waals surface area contributed by atoms with Gasteiger partial charge in [0, 0.05) is 20.1 Å². The quantitative estimate of drug-likeness (QED) is 0.718. The molecule has 0 amide bonds. The van der Waals surface area contributed by atoms with Crippen LogP contribution in [-0.2, 0) is 23.0 Å². The number of ether oxygens (including phenoxy) is 1. The minimum Gasteiger partial charge on any atom is -0.383 e. The predicted octanol–water partition coefficient (Wildman–Crippen LogP) is 3.43. The molecule has 1 aromatic rings. The van der Waals surface area contributed by atoms with E-state index in [0.717, 1.165) is 29.9 Å². The van der Waals surface area contributed by atoms with E-state index in [0.29, 0.717) is 17.9 Å². The summed E-state index contributed by atoms with van der Waals surface area (Å²) in [6, 6.07) is 0. The largest absolute Gasteiger partial charge is 0.383 e. The van der Waals surface area contributed by atoms with Gasteiger partial charge in [0.05, 0.1) is 11.9 Å². The topological polar surface area (TPSA) is 39.9 Å². The Kier molecular flexibility index (Phi) is 6.47. The van der Waals surface area contributed by atoms with Crippen molar-refractivity contribution in [1.82, 2.24) is 14.8 Å². The van der Waals surface area contributed by atoms with Gasteiger partial charge in [-0.25, -0.2) is 0 Å². The molecule has 4 nitrogen and oxygen atoms in total. The minimum absolute atomic E-state index is 0.356. The van der Waals surface area contributed by atoms with Gasteiger partial charge in [0.1, 0.15) is 11.6 Å². The molecule has 0 spiro atoms. The van der Waals surface area contributed by atoms with Gasteiger partial charge in [0.25, 0.3) is 0 Å². The first-order chi connectivity index (χ1) is 8.87. The number of aromatic nitrogens is 3. The van der Waals surface area contributed by atoms with Gasteiger partial charge in [-0.15, -0.1) is 10.2 Å². The van der Waals surface area contributed by atoms with Crippen molar-refractivity contribution in [2.75, 3.05) is 13.7 Å². The summed E-state index contributed by atoms with van der Waals surface area (Å²) >= 11 is 3.46. The van der Waals surface area contributed by atoms with Gasteiger partial charge in [0.2, 0.25) is 0 Å². The van der Waals surface area contributed by atoms with E-state index in [1.807, 2.05) is 0 Å². The van der Waals surface area contributed by atoms with Crippen molar-refractivity contribution in [3.8, 4) is 0 Å². The highest BCUT2D eigenvalue weighted by atomic mass is 79.9. The van der Waals surface area contributed by atoms with Crippen LogP contribution in [-0.4, -0.2) is 28.5 Å². The number of hydrogen-bond donors (Lipinski definition) is 0. The third-order valence-corrected chi connectivity index (χ3v) is 3.54. The summed E-state index contributed by atoms with van der Waals surface area (Å²) in [5.74, 6) is 2.66. The molecule has 0 bridgehead atoms. The summed E-state index contributed by atoms with van der Waals surface area (Å²) in [6.07, 6.45) is 2.16. The highest BCUT2D eigenvalue weighted by molar-refractivity contribution is 9.08. The Morgan fingerprint density at radius 3 is 2.42 bits per heavy atom. The molecule has 19 heavy (non-hydrogen) atoms. The van der Waals surface area contributed by atoms with Crippen molar-refractivity contribution in [2.45, 2.75) is 52.4 Å². The summed E-state index contributed by atoms with van der Waals surface area (Å²) in [6.45, 7) is 10.6. The second kappa shape index (κ2) is 7.39. The van der Waals surface area contributed by atoms with E-state index >= 15 is 0 Å². The van der Waals surface area contributed by atoms with Crippen LogP contribution in [0.2, 0.25) is 0 Å². The summed E-state index contributed by atoms with van der Waals surface area (Å²) < 4.78 is 7.34. The fourth-order valence-corrected chi connectivity index (χ4v) is 2.91. The van der Waals surface area contributed by atoms with Crippen LogP contribution in [0.15, 0.2) is 0 Å². The van der Waals surface area contributed by atoms with Crippen LogP contribution in [0.25, 0.3) is 0 Å². The SMILES string of the molecule is COCCn1c(CBr)nnc1CC(C)CC(C)(C)C. The Morgan fingerprint density at radius 1 is 1.26 bits per heavy atom. The molecular formula is C14H26BrN3O. The Bertz CT molecular complexity index is 385. The van der Waals surface area contributed by atoms with Gasteiger partial charge >= 0.3 is 0 Å². The van der Waals surface area contributed by atoms with Crippen LogP contribution in [0.1, 0.15) is 45.8 Å². The Hall–Kier alpha value is -0.420. The summed E-state index contributed by atoms with van der Waals surface area (Å²) in [7, 11) is 1.72. The van der Waals surface area contributed by atoms with Crippen molar-refractivity contribution in [2.24, 2.45) is 11.3 Å². The molecule has 0 aliphatic heterocycles. The Balaban J connectivity index is 2.74. The average Bonchev–Trinajstić information content (AvgIpc) is 2.66. The van der Waals surface area contributed by atoms with E-state index in [1.165, 1.54) is 6.42 Å². The molecule has 1 unspecified atom stereocenters. The Morgan fingerprint density at radius 2 is 1.89 bits per heavy atom. The smallest absolute Gasteiger partial charge is 0.143 e. The lowest BCUT2D eigenvalue weighted by atomic mass is 9.84. The van der Waals surface area contributed by atoms with E-state index in [9.17, 15) is 0 Å². The molecule has 1 aromatic heterocycles. The maximum absolute atomic E-state index is 5.16. The van der Waals surface area contributed by atoms with Crippen molar-refractivity contribution < 1.29 is 4.74 Å². The van der Waals surface area contributed by atoms with Crippen LogP contribution in [0.3, 0.4) is 0 Å². The van der Waals surface area contributed by atoms with Gasteiger partial charge in [-0.1, -0.05) is 43.6 Å². The van der Waals surface area contributed by atoms with Gasteiger partial charge in [0.15, 0.2) is 0 Å². The molecule has 0 saturated carbocycles. The van der Waals surface area contributed by atoms with Crippen LogP contribution in [0, 0.1) is 11.3 Å². The standard InChI is InChI=1S/C14H26BrN3O/c1-11(9-14(2,3)4)8-12-16-17-13(10-15)18(12)6-7-19-5/h11H,6-10H2,1-5H3. The molecule has 0 fully saturated rings. The normalized spacial score (nSPS) is 13.8. The summed E-state index contributed by atoms with van der Waals surface area (Å²) in [5, 5.41) is 9.32. The maximum Gasteiger partial charge on any atom is 0.143 e. The fourth-order valence-electron chi connectivity index (χ4n) is 2.49. The number of rotatable bonds is 7. The monoisotopic (exact) mass is 331 g/mol. The minimum atomic E-state index is 0.356. The van der Waals surface area contributed by atoms with Crippen molar-refractivity contribution >= 4 is 15.9 Å². The van der Waals surface area contributed by atoms with Crippen LogP contribution >= 0.6 is 15.9 Å². The number of methoxy groups -OCH3 is 1. The molecule has 0 aromatic carbocycles. The van der Waals surface area contributed by atoms with Crippen LogP contribution < -0.4 is 0 Å². The lowest BCUT2D eigenvalue weighted by Gasteiger charge is -2.23. The molecular weight excluding hydrogens is 306 g/mol. The number of hydrogen-bond acceptors (Lipinski definition) is 3. The van der Waals surface area contributed by atoms with Gasteiger partial charge < -0.3 is 9.30 Å². The number of halogens is 1. The zero-order valence-electron chi connectivity index (χ0n) is 12.7. The predicted molar refractivity (Wildman–Crippen MR) is 81.5 cm³/mol. The first kappa shape index (κ1) is 16.6. The third kappa shape index (κ3) is 5.61. The molecule has 0 saturated heterocycles. The molecule has 0 aliphatic carbocycles. The van der Waals surface area contributed by atoms with Crippen molar-refractivity contribution in [3.05, 3.63) is 11.6 Å². The van der Waals surface area contributed by atoms with Gasteiger partial charge in [-0.2, -0.15) is 0 Å². The zero-order valence-corrected chi connectivity index (χ0v) is 14.3. The first-order valence-electron chi connectivity index (χ1n) is 6.83. The lowest BCUT2D eigenvalue weighted by molar-refractivity contribution is 0.185. The lowest BCUT2D eigenvalue weighted by Crippen LogP contribution is -2.17. The molecule has 0 N–H and O–H groups in total.